The normalized spacial score (nSPS) is 17.8. The Bertz CT molecular complexity index is 891. The van der Waals surface area contributed by atoms with Crippen molar-refractivity contribution in [3.8, 4) is 0 Å². The van der Waals surface area contributed by atoms with Gasteiger partial charge in [-0.1, -0.05) is 48.5 Å². The molecule has 0 unspecified atom stereocenters. The van der Waals surface area contributed by atoms with E-state index in [9.17, 15) is 9.59 Å². The van der Waals surface area contributed by atoms with E-state index in [2.05, 4.69) is 33.3 Å². The minimum absolute atomic E-state index is 0.0152. The standard InChI is InChI=1S/C25H32N4O3/c30-24(26-23-9-5-4-8-22(23)18-21-6-2-1-3-7-21)19-27-10-12-29(13-11-27)25(31)20-28-14-16-32-17-15-28/h1-9H,10-20H2,(H,26,30). The summed E-state index contributed by atoms with van der Waals surface area (Å²) in [6.45, 7) is 6.60. The molecule has 2 saturated heterocycles. The zero-order chi connectivity index (χ0) is 22.2. The van der Waals surface area contributed by atoms with Crippen LogP contribution in [0.5, 0.6) is 0 Å². The molecule has 0 radical (unpaired) electrons. The SMILES string of the molecule is O=C(CN1CCN(C(=O)CN2CCOCC2)CC1)Nc1ccccc1Cc1ccccc1. The molecule has 0 aromatic heterocycles. The fourth-order valence-electron chi connectivity index (χ4n) is 4.21. The number of hydrogen-bond acceptors (Lipinski definition) is 5. The Balaban J connectivity index is 1.24. The Morgan fingerprint density at radius 3 is 2.19 bits per heavy atom. The third-order valence-corrected chi connectivity index (χ3v) is 6.08. The Kier molecular flexibility index (Phi) is 7.87. The van der Waals surface area contributed by atoms with Crippen molar-refractivity contribution in [1.29, 1.82) is 0 Å². The van der Waals surface area contributed by atoms with Crippen molar-refractivity contribution in [2.45, 2.75) is 6.42 Å². The van der Waals surface area contributed by atoms with Gasteiger partial charge in [-0.15, -0.1) is 0 Å². The summed E-state index contributed by atoms with van der Waals surface area (Å²) in [6, 6.07) is 18.2. The largest absolute Gasteiger partial charge is 0.379 e. The molecule has 2 aliphatic rings. The highest BCUT2D eigenvalue weighted by Crippen LogP contribution is 2.19. The van der Waals surface area contributed by atoms with Crippen molar-refractivity contribution in [2.24, 2.45) is 0 Å². The van der Waals surface area contributed by atoms with Gasteiger partial charge in [-0.25, -0.2) is 0 Å². The van der Waals surface area contributed by atoms with Crippen LogP contribution in [-0.2, 0) is 20.7 Å². The van der Waals surface area contributed by atoms with E-state index >= 15 is 0 Å². The summed E-state index contributed by atoms with van der Waals surface area (Å²) in [5.74, 6) is 0.157. The number of carbonyl (C=O) groups excluding carboxylic acids is 2. The average Bonchev–Trinajstić information content (AvgIpc) is 2.82. The van der Waals surface area contributed by atoms with E-state index in [-0.39, 0.29) is 11.8 Å². The lowest BCUT2D eigenvalue weighted by Gasteiger charge is -2.36. The molecule has 2 aromatic rings. The molecule has 4 rings (SSSR count). The van der Waals surface area contributed by atoms with Gasteiger partial charge in [0.15, 0.2) is 0 Å². The monoisotopic (exact) mass is 436 g/mol. The second-order valence-electron chi connectivity index (χ2n) is 8.41. The second kappa shape index (κ2) is 11.2. The van der Waals surface area contributed by atoms with Gasteiger partial charge in [-0.2, -0.15) is 0 Å². The summed E-state index contributed by atoms with van der Waals surface area (Å²) in [6.07, 6.45) is 0.779. The molecule has 32 heavy (non-hydrogen) atoms. The Morgan fingerprint density at radius 2 is 1.44 bits per heavy atom. The summed E-state index contributed by atoms with van der Waals surface area (Å²) in [7, 11) is 0. The van der Waals surface area contributed by atoms with Gasteiger partial charge in [0.1, 0.15) is 0 Å². The van der Waals surface area contributed by atoms with E-state index in [0.717, 1.165) is 30.8 Å². The van der Waals surface area contributed by atoms with E-state index in [4.69, 9.17) is 4.74 Å². The van der Waals surface area contributed by atoms with Gasteiger partial charge in [0, 0.05) is 45.0 Å². The first-order valence-electron chi connectivity index (χ1n) is 11.4. The Labute approximate surface area is 189 Å². The van der Waals surface area contributed by atoms with Crippen LogP contribution in [0.3, 0.4) is 0 Å². The van der Waals surface area contributed by atoms with Gasteiger partial charge in [-0.05, 0) is 23.6 Å². The number of benzene rings is 2. The lowest BCUT2D eigenvalue weighted by molar-refractivity contribution is -0.135. The number of hydrogen-bond donors (Lipinski definition) is 1. The lowest BCUT2D eigenvalue weighted by Crippen LogP contribution is -2.53. The molecule has 2 fully saturated rings. The molecule has 2 heterocycles. The zero-order valence-corrected chi connectivity index (χ0v) is 18.5. The number of para-hydroxylation sites is 1. The highest BCUT2D eigenvalue weighted by molar-refractivity contribution is 5.93. The van der Waals surface area contributed by atoms with Crippen molar-refractivity contribution in [3.63, 3.8) is 0 Å². The van der Waals surface area contributed by atoms with E-state index in [1.54, 1.807) is 0 Å². The molecule has 0 aliphatic carbocycles. The number of nitrogens with one attached hydrogen (secondary N) is 1. The maximum Gasteiger partial charge on any atom is 0.238 e. The number of nitrogens with zero attached hydrogens (tertiary/aromatic N) is 3. The molecule has 0 bridgehead atoms. The third kappa shape index (κ3) is 6.38. The van der Waals surface area contributed by atoms with E-state index in [0.29, 0.717) is 52.5 Å². The third-order valence-electron chi connectivity index (χ3n) is 6.08. The van der Waals surface area contributed by atoms with Crippen LogP contribution in [0, 0.1) is 0 Å². The van der Waals surface area contributed by atoms with E-state index in [1.807, 2.05) is 41.3 Å². The second-order valence-corrected chi connectivity index (χ2v) is 8.41. The first-order valence-corrected chi connectivity index (χ1v) is 11.4. The predicted molar refractivity (Wildman–Crippen MR) is 125 cm³/mol. The first kappa shape index (κ1) is 22.5. The summed E-state index contributed by atoms with van der Waals surface area (Å²) in [5.41, 5.74) is 3.18. The number of ether oxygens (including phenoxy) is 1. The number of anilines is 1. The van der Waals surface area contributed by atoms with Crippen molar-refractivity contribution in [2.75, 3.05) is 70.9 Å². The minimum Gasteiger partial charge on any atom is -0.379 e. The number of piperazine rings is 1. The molecule has 2 amide bonds. The average molecular weight is 437 g/mol. The zero-order valence-electron chi connectivity index (χ0n) is 18.5. The van der Waals surface area contributed by atoms with Crippen LogP contribution in [0.15, 0.2) is 54.6 Å². The molecule has 0 atom stereocenters. The fourth-order valence-corrected chi connectivity index (χ4v) is 4.21. The van der Waals surface area contributed by atoms with Crippen molar-refractivity contribution in [3.05, 3.63) is 65.7 Å². The van der Waals surface area contributed by atoms with Crippen LogP contribution >= 0.6 is 0 Å². The molecule has 1 N–H and O–H groups in total. The fraction of sp³-hybridized carbons (Fsp3) is 0.440. The Morgan fingerprint density at radius 1 is 0.781 bits per heavy atom. The van der Waals surface area contributed by atoms with E-state index in [1.165, 1.54) is 5.56 Å². The van der Waals surface area contributed by atoms with E-state index < -0.39 is 0 Å². The van der Waals surface area contributed by atoms with Gasteiger partial charge in [0.25, 0.3) is 0 Å². The van der Waals surface area contributed by atoms with Crippen molar-refractivity contribution < 1.29 is 14.3 Å². The molecule has 0 spiro atoms. The molecular weight excluding hydrogens is 404 g/mol. The molecule has 2 aliphatic heterocycles. The number of carbonyl (C=O) groups is 2. The Hall–Kier alpha value is -2.74. The number of morpholine rings is 1. The summed E-state index contributed by atoms with van der Waals surface area (Å²) >= 11 is 0. The quantitative estimate of drug-likeness (QED) is 0.716. The maximum atomic E-state index is 12.7. The molecule has 0 saturated carbocycles. The predicted octanol–water partition coefficient (Wildman–Crippen LogP) is 1.69. The highest BCUT2D eigenvalue weighted by Gasteiger charge is 2.24. The summed E-state index contributed by atoms with van der Waals surface area (Å²) in [5, 5.41) is 3.09. The van der Waals surface area contributed by atoms with Gasteiger partial charge < -0.3 is 15.0 Å². The van der Waals surface area contributed by atoms with Gasteiger partial charge >= 0.3 is 0 Å². The lowest BCUT2D eigenvalue weighted by atomic mass is 10.0. The molecule has 170 valence electrons. The first-order chi connectivity index (χ1) is 15.7. The van der Waals surface area contributed by atoms with Crippen LogP contribution in [0.2, 0.25) is 0 Å². The molecular formula is C25H32N4O3. The molecule has 7 nitrogen and oxygen atoms in total. The van der Waals surface area contributed by atoms with Crippen LogP contribution < -0.4 is 5.32 Å². The smallest absolute Gasteiger partial charge is 0.238 e. The molecule has 7 heteroatoms. The van der Waals surface area contributed by atoms with Crippen LogP contribution in [-0.4, -0.2) is 92.1 Å². The highest BCUT2D eigenvalue weighted by atomic mass is 16.5. The minimum atomic E-state index is -0.0152. The van der Waals surface area contributed by atoms with Gasteiger partial charge in [0.2, 0.25) is 11.8 Å². The summed E-state index contributed by atoms with van der Waals surface area (Å²) < 4.78 is 5.35. The topological polar surface area (TPSA) is 65.1 Å². The van der Waals surface area contributed by atoms with Crippen LogP contribution in [0.25, 0.3) is 0 Å². The number of rotatable bonds is 7. The van der Waals surface area contributed by atoms with Gasteiger partial charge in [0.05, 0.1) is 26.3 Å². The summed E-state index contributed by atoms with van der Waals surface area (Å²) in [4.78, 5) is 31.5. The maximum absolute atomic E-state index is 12.7. The number of amides is 2. The van der Waals surface area contributed by atoms with Crippen molar-refractivity contribution in [1.82, 2.24) is 14.7 Å². The van der Waals surface area contributed by atoms with Crippen LogP contribution in [0.4, 0.5) is 5.69 Å². The van der Waals surface area contributed by atoms with Gasteiger partial charge in [-0.3, -0.25) is 19.4 Å². The van der Waals surface area contributed by atoms with Crippen LogP contribution in [0.1, 0.15) is 11.1 Å². The van der Waals surface area contributed by atoms with Crippen molar-refractivity contribution >= 4 is 17.5 Å². The molecule has 2 aromatic carbocycles.